The molecule has 1 aromatic carbocycles. The average molecular weight is 470 g/mol. The minimum Gasteiger partial charge on any atom is -0.381 e. The number of amides is 1. The summed E-state index contributed by atoms with van der Waals surface area (Å²) in [5.41, 5.74) is 2.10. The molecular weight excluding hydrogens is 442 g/mol. The number of hydrogen-bond acceptors (Lipinski definition) is 7. The molecule has 1 aliphatic heterocycles. The van der Waals surface area contributed by atoms with E-state index in [-0.39, 0.29) is 18.0 Å². The highest BCUT2D eigenvalue weighted by Crippen LogP contribution is 2.19. The van der Waals surface area contributed by atoms with Gasteiger partial charge in [-0.15, -0.1) is 0 Å². The number of rotatable bonds is 8. The molecule has 0 bridgehead atoms. The minimum atomic E-state index is -0.277. The van der Waals surface area contributed by atoms with Crippen molar-refractivity contribution >= 4 is 23.5 Å². The number of carbonyl (C=O) groups is 1. The molecule has 3 aromatic rings. The zero-order chi connectivity index (χ0) is 23.2. The van der Waals surface area contributed by atoms with Crippen molar-refractivity contribution in [1.82, 2.24) is 30.2 Å². The monoisotopic (exact) mass is 469 g/mol. The fraction of sp³-hybridized carbons (Fsp3) is 0.391. The third-order valence-electron chi connectivity index (χ3n) is 5.52. The number of likely N-dealkylation sites (N-methyl/N-ethyl adjacent to an activating group) is 1. The van der Waals surface area contributed by atoms with Crippen LogP contribution < -0.4 is 16.0 Å². The molecule has 0 saturated carbocycles. The average Bonchev–Trinajstić information content (AvgIpc) is 3.31. The summed E-state index contributed by atoms with van der Waals surface area (Å²) in [4.78, 5) is 26.3. The molecule has 4 rings (SSSR count). The second kappa shape index (κ2) is 10.7. The molecular formula is C23H28ClN7O2. The van der Waals surface area contributed by atoms with Crippen LogP contribution in [0.5, 0.6) is 0 Å². The SMILES string of the molecule is CNC[C@@H](NC(=O)c1cn(-c2nc(NC3CCOCC3)ncc2C)cn1)c1cccc(Cl)c1. The Morgan fingerprint density at radius 2 is 2.12 bits per heavy atom. The summed E-state index contributed by atoms with van der Waals surface area (Å²) in [6.45, 7) is 3.95. The van der Waals surface area contributed by atoms with Crippen LogP contribution in [0.4, 0.5) is 5.95 Å². The summed E-state index contributed by atoms with van der Waals surface area (Å²) in [6.07, 6.45) is 6.88. The number of nitrogens with zero attached hydrogens (tertiary/aromatic N) is 4. The summed E-state index contributed by atoms with van der Waals surface area (Å²) in [7, 11) is 1.84. The summed E-state index contributed by atoms with van der Waals surface area (Å²) in [6, 6.07) is 7.49. The van der Waals surface area contributed by atoms with Gasteiger partial charge < -0.3 is 20.7 Å². The van der Waals surface area contributed by atoms with Crippen LogP contribution >= 0.6 is 11.6 Å². The van der Waals surface area contributed by atoms with Gasteiger partial charge in [0.1, 0.15) is 17.8 Å². The number of anilines is 1. The number of nitrogens with one attached hydrogen (secondary N) is 3. The van der Waals surface area contributed by atoms with Crippen molar-refractivity contribution in [1.29, 1.82) is 0 Å². The number of carbonyl (C=O) groups excluding carboxylic acids is 1. The zero-order valence-electron chi connectivity index (χ0n) is 18.7. The summed E-state index contributed by atoms with van der Waals surface area (Å²) in [5.74, 6) is 0.950. The lowest BCUT2D eigenvalue weighted by molar-refractivity contribution is 0.0903. The Labute approximate surface area is 197 Å². The number of hydrogen-bond donors (Lipinski definition) is 3. The van der Waals surface area contributed by atoms with Crippen LogP contribution in [0.1, 0.15) is 40.5 Å². The van der Waals surface area contributed by atoms with E-state index in [9.17, 15) is 4.79 Å². The largest absolute Gasteiger partial charge is 0.381 e. The molecule has 3 N–H and O–H groups in total. The van der Waals surface area contributed by atoms with E-state index in [0.717, 1.165) is 37.2 Å². The van der Waals surface area contributed by atoms with Gasteiger partial charge in [-0.25, -0.2) is 9.97 Å². The lowest BCUT2D eigenvalue weighted by atomic mass is 10.1. The Balaban J connectivity index is 1.49. The van der Waals surface area contributed by atoms with Crippen molar-refractivity contribution in [2.75, 3.05) is 32.1 Å². The third kappa shape index (κ3) is 5.87. The van der Waals surface area contributed by atoms with Crippen molar-refractivity contribution in [2.24, 2.45) is 0 Å². The maximum Gasteiger partial charge on any atom is 0.272 e. The topological polar surface area (TPSA) is 106 Å². The smallest absolute Gasteiger partial charge is 0.272 e. The van der Waals surface area contributed by atoms with Crippen molar-refractivity contribution in [2.45, 2.75) is 31.8 Å². The van der Waals surface area contributed by atoms with E-state index in [1.807, 2.05) is 32.2 Å². The van der Waals surface area contributed by atoms with Crippen LogP contribution in [0.25, 0.3) is 5.82 Å². The van der Waals surface area contributed by atoms with E-state index >= 15 is 0 Å². The number of benzene rings is 1. The highest BCUT2D eigenvalue weighted by atomic mass is 35.5. The number of imidazole rings is 1. The highest BCUT2D eigenvalue weighted by Gasteiger charge is 2.19. The quantitative estimate of drug-likeness (QED) is 0.465. The maximum absolute atomic E-state index is 12.9. The Kier molecular flexibility index (Phi) is 7.54. The predicted octanol–water partition coefficient (Wildman–Crippen LogP) is 2.91. The molecule has 0 unspecified atom stereocenters. The van der Waals surface area contributed by atoms with Gasteiger partial charge >= 0.3 is 0 Å². The minimum absolute atomic E-state index is 0.248. The van der Waals surface area contributed by atoms with E-state index in [0.29, 0.717) is 29.0 Å². The van der Waals surface area contributed by atoms with E-state index in [1.54, 1.807) is 29.4 Å². The van der Waals surface area contributed by atoms with E-state index < -0.39 is 0 Å². The highest BCUT2D eigenvalue weighted by molar-refractivity contribution is 6.30. The first-order valence-electron chi connectivity index (χ1n) is 11.0. The second-order valence-electron chi connectivity index (χ2n) is 8.04. The van der Waals surface area contributed by atoms with Crippen molar-refractivity contribution < 1.29 is 9.53 Å². The molecule has 33 heavy (non-hydrogen) atoms. The molecule has 1 fully saturated rings. The van der Waals surface area contributed by atoms with Gasteiger partial charge in [0, 0.05) is 48.8 Å². The van der Waals surface area contributed by atoms with E-state index in [4.69, 9.17) is 16.3 Å². The third-order valence-corrected chi connectivity index (χ3v) is 5.76. The number of aromatic nitrogens is 4. The van der Waals surface area contributed by atoms with Gasteiger partial charge in [-0.3, -0.25) is 9.36 Å². The van der Waals surface area contributed by atoms with Crippen molar-refractivity contribution in [3.8, 4) is 5.82 Å². The predicted molar refractivity (Wildman–Crippen MR) is 127 cm³/mol. The lowest BCUT2D eigenvalue weighted by Crippen LogP contribution is -2.34. The van der Waals surface area contributed by atoms with Crippen LogP contribution in [-0.2, 0) is 4.74 Å². The lowest BCUT2D eigenvalue weighted by Gasteiger charge is -2.23. The molecule has 9 nitrogen and oxygen atoms in total. The van der Waals surface area contributed by atoms with Crippen LogP contribution in [0.3, 0.4) is 0 Å². The Morgan fingerprint density at radius 3 is 2.88 bits per heavy atom. The van der Waals surface area contributed by atoms with Gasteiger partial charge in [0.15, 0.2) is 0 Å². The first-order valence-corrected chi connectivity index (χ1v) is 11.3. The first kappa shape index (κ1) is 23.2. The molecule has 1 atom stereocenters. The molecule has 174 valence electrons. The first-order chi connectivity index (χ1) is 16.0. The normalized spacial score (nSPS) is 15.2. The molecule has 1 amide bonds. The zero-order valence-corrected chi connectivity index (χ0v) is 19.5. The van der Waals surface area contributed by atoms with Crippen molar-refractivity contribution in [3.63, 3.8) is 0 Å². The second-order valence-corrected chi connectivity index (χ2v) is 8.47. The van der Waals surface area contributed by atoms with Gasteiger partial charge in [-0.2, -0.15) is 4.98 Å². The molecule has 3 heterocycles. The van der Waals surface area contributed by atoms with Crippen LogP contribution in [0.15, 0.2) is 43.0 Å². The molecule has 1 saturated heterocycles. The number of ether oxygens (including phenoxy) is 1. The fourth-order valence-corrected chi connectivity index (χ4v) is 3.95. The maximum atomic E-state index is 12.9. The van der Waals surface area contributed by atoms with Crippen LogP contribution in [0.2, 0.25) is 5.02 Å². The van der Waals surface area contributed by atoms with Crippen molar-refractivity contribution in [3.05, 3.63) is 64.8 Å². The van der Waals surface area contributed by atoms with Crippen LogP contribution in [0, 0.1) is 6.92 Å². The number of halogens is 1. The summed E-state index contributed by atoms with van der Waals surface area (Å²) >= 11 is 6.13. The van der Waals surface area contributed by atoms with Gasteiger partial charge in [0.05, 0.1) is 6.04 Å². The summed E-state index contributed by atoms with van der Waals surface area (Å²) in [5, 5.41) is 10.1. The molecule has 10 heteroatoms. The molecule has 2 aromatic heterocycles. The molecule has 0 radical (unpaired) electrons. The van der Waals surface area contributed by atoms with E-state index in [2.05, 4.69) is 30.9 Å². The standard InChI is InChI=1S/C23H28ClN7O2/c1-15-11-26-23(28-18-6-8-33-9-7-18)30-21(15)31-13-20(27-14-31)22(32)29-19(12-25-2)16-4-3-5-17(24)10-16/h3-5,10-11,13-14,18-19,25H,6-9,12H2,1-2H3,(H,29,32)(H,26,28,30)/t19-/m1/s1. The molecule has 0 spiro atoms. The van der Waals surface area contributed by atoms with Crippen LogP contribution in [-0.4, -0.2) is 58.3 Å². The molecule has 1 aliphatic rings. The molecule has 0 aliphatic carbocycles. The van der Waals surface area contributed by atoms with E-state index in [1.165, 1.54) is 0 Å². The van der Waals surface area contributed by atoms with Gasteiger partial charge in [-0.1, -0.05) is 23.7 Å². The van der Waals surface area contributed by atoms with Gasteiger partial charge in [-0.05, 0) is 44.5 Å². The Hall–Kier alpha value is -3.01. The Morgan fingerprint density at radius 1 is 1.30 bits per heavy atom. The Bertz CT molecular complexity index is 1100. The summed E-state index contributed by atoms with van der Waals surface area (Å²) < 4.78 is 7.15. The van der Waals surface area contributed by atoms with Gasteiger partial charge in [0.25, 0.3) is 5.91 Å². The number of aryl methyl sites for hydroxylation is 1. The van der Waals surface area contributed by atoms with Gasteiger partial charge in [0.2, 0.25) is 5.95 Å². The fourth-order valence-electron chi connectivity index (χ4n) is 3.76.